The first-order valence-electron chi connectivity index (χ1n) is 9.73. The zero-order chi connectivity index (χ0) is 20.5. The zero-order valence-corrected chi connectivity index (χ0v) is 19.6. The van der Waals surface area contributed by atoms with Gasteiger partial charge >= 0.3 is 0 Å². The van der Waals surface area contributed by atoms with E-state index >= 15 is 0 Å². The summed E-state index contributed by atoms with van der Waals surface area (Å²) in [6.45, 7) is 4.18. The molecule has 2 aromatic rings. The highest BCUT2D eigenvalue weighted by Crippen LogP contribution is 2.29. The van der Waals surface area contributed by atoms with E-state index in [-0.39, 0.29) is 36.7 Å². The lowest BCUT2D eigenvalue weighted by Gasteiger charge is -2.15. The van der Waals surface area contributed by atoms with Gasteiger partial charge in [0, 0.05) is 13.0 Å². The van der Waals surface area contributed by atoms with Crippen molar-refractivity contribution < 1.29 is 14.2 Å². The topological polar surface area (TPSA) is 64.1 Å². The minimum absolute atomic E-state index is 0. The number of halogens is 1. The Morgan fingerprint density at radius 2 is 2.07 bits per heavy atom. The maximum Gasteiger partial charge on any atom is 0.191 e. The molecule has 0 saturated carbocycles. The first kappa shape index (κ1) is 23.7. The van der Waals surface area contributed by atoms with Gasteiger partial charge in [-0.1, -0.05) is 30.2 Å². The third-order valence-electron chi connectivity index (χ3n) is 4.51. The molecule has 0 radical (unpaired) electrons. The molecule has 6 nitrogen and oxygen atoms in total. The predicted molar refractivity (Wildman–Crippen MR) is 130 cm³/mol. The summed E-state index contributed by atoms with van der Waals surface area (Å²) in [4.78, 5) is 4.67. The van der Waals surface area contributed by atoms with Gasteiger partial charge in [-0.25, -0.2) is 4.99 Å². The first-order valence-corrected chi connectivity index (χ1v) is 9.73. The zero-order valence-electron chi connectivity index (χ0n) is 17.3. The highest BCUT2D eigenvalue weighted by molar-refractivity contribution is 14.0. The summed E-state index contributed by atoms with van der Waals surface area (Å²) in [6, 6.07) is 13.9. The van der Waals surface area contributed by atoms with Crippen LogP contribution in [-0.4, -0.2) is 38.9 Å². The molecule has 0 fully saturated rings. The van der Waals surface area contributed by atoms with Gasteiger partial charge < -0.3 is 24.8 Å². The van der Waals surface area contributed by atoms with E-state index in [2.05, 4.69) is 27.6 Å². The quantitative estimate of drug-likeness (QED) is 0.242. The molecular formula is C23H28IN3O3. The van der Waals surface area contributed by atoms with Crippen LogP contribution in [0, 0.1) is 12.3 Å². The fourth-order valence-electron chi connectivity index (χ4n) is 3.14. The van der Waals surface area contributed by atoms with Crippen LogP contribution < -0.4 is 24.8 Å². The Morgan fingerprint density at radius 3 is 2.80 bits per heavy atom. The Kier molecular flexibility index (Phi) is 9.61. The van der Waals surface area contributed by atoms with Crippen molar-refractivity contribution in [1.29, 1.82) is 0 Å². The second kappa shape index (κ2) is 12.2. The molecule has 1 aliphatic rings. The molecule has 1 unspecified atom stereocenters. The molecule has 30 heavy (non-hydrogen) atoms. The third-order valence-corrected chi connectivity index (χ3v) is 4.51. The maximum atomic E-state index is 5.99. The van der Waals surface area contributed by atoms with Crippen LogP contribution in [0.2, 0.25) is 0 Å². The monoisotopic (exact) mass is 521 g/mol. The van der Waals surface area contributed by atoms with Gasteiger partial charge in [-0.15, -0.1) is 30.4 Å². The molecule has 1 heterocycles. The van der Waals surface area contributed by atoms with E-state index in [0.717, 1.165) is 30.2 Å². The molecule has 0 saturated heterocycles. The Labute approximate surface area is 195 Å². The first-order chi connectivity index (χ1) is 14.2. The van der Waals surface area contributed by atoms with Crippen LogP contribution in [0.25, 0.3) is 0 Å². The smallest absolute Gasteiger partial charge is 0.191 e. The Bertz CT molecular complexity index is 871. The summed E-state index contributed by atoms with van der Waals surface area (Å²) in [5.41, 5.74) is 2.25. The number of rotatable bonds is 8. The molecule has 1 aliphatic heterocycles. The fourth-order valence-corrected chi connectivity index (χ4v) is 3.14. The lowest BCUT2D eigenvalue weighted by molar-refractivity contribution is 0.235. The Balaban J connectivity index is 0.00000320. The lowest BCUT2D eigenvalue weighted by atomic mass is 10.1. The minimum Gasteiger partial charge on any atom is -0.493 e. The van der Waals surface area contributed by atoms with Crippen LogP contribution in [0.15, 0.2) is 47.5 Å². The molecule has 3 rings (SSSR count). The molecule has 0 amide bonds. The summed E-state index contributed by atoms with van der Waals surface area (Å²) in [6.07, 6.45) is 6.28. The van der Waals surface area contributed by atoms with Gasteiger partial charge in [-0.3, -0.25) is 0 Å². The maximum absolute atomic E-state index is 5.99. The van der Waals surface area contributed by atoms with Crippen molar-refractivity contribution in [2.24, 2.45) is 4.99 Å². The van der Waals surface area contributed by atoms with Crippen LogP contribution in [0.3, 0.4) is 0 Å². The number of benzene rings is 2. The molecule has 0 aliphatic carbocycles. The number of hydrogen-bond acceptors (Lipinski definition) is 4. The minimum atomic E-state index is 0. The number of nitrogens with one attached hydrogen (secondary N) is 2. The highest BCUT2D eigenvalue weighted by Gasteiger charge is 2.22. The number of aliphatic imine (C=N–C) groups is 1. The molecule has 0 aromatic heterocycles. The molecule has 0 spiro atoms. The molecule has 0 bridgehead atoms. The number of guanidine groups is 1. The molecular weight excluding hydrogens is 493 g/mol. The molecule has 2 N–H and O–H groups in total. The summed E-state index contributed by atoms with van der Waals surface area (Å²) in [7, 11) is 1.60. The van der Waals surface area contributed by atoms with Crippen molar-refractivity contribution in [2.45, 2.75) is 26.0 Å². The fraction of sp³-hybridized carbons (Fsp3) is 0.348. The Morgan fingerprint density at radius 1 is 1.23 bits per heavy atom. The van der Waals surface area contributed by atoms with E-state index in [0.29, 0.717) is 24.6 Å². The normalized spacial score (nSPS) is 14.6. The van der Waals surface area contributed by atoms with Gasteiger partial charge in [-0.05, 0) is 36.2 Å². The van der Waals surface area contributed by atoms with Crippen molar-refractivity contribution in [3.05, 3.63) is 53.6 Å². The van der Waals surface area contributed by atoms with Crippen molar-refractivity contribution in [3.8, 4) is 29.6 Å². The average Bonchev–Trinajstić information content (AvgIpc) is 3.17. The van der Waals surface area contributed by atoms with Gasteiger partial charge in [0.1, 0.15) is 18.5 Å². The third kappa shape index (κ3) is 6.46. The summed E-state index contributed by atoms with van der Waals surface area (Å²) in [5, 5.41) is 6.64. The summed E-state index contributed by atoms with van der Waals surface area (Å²) >= 11 is 0. The van der Waals surface area contributed by atoms with Gasteiger partial charge in [0.2, 0.25) is 0 Å². The van der Waals surface area contributed by atoms with E-state index in [4.69, 9.17) is 20.6 Å². The van der Waals surface area contributed by atoms with Gasteiger partial charge in [0.05, 0.1) is 20.2 Å². The van der Waals surface area contributed by atoms with E-state index in [1.807, 2.05) is 43.3 Å². The van der Waals surface area contributed by atoms with Gasteiger partial charge in [0.25, 0.3) is 0 Å². The largest absolute Gasteiger partial charge is 0.493 e. The number of hydrogen-bond donors (Lipinski definition) is 2. The van der Waals surface area contributed by atoms with Crippen LogP contribution in [0.5, 0.6) is 17.2 Å². The van der Waals surface area contributed by atoms with E-state index in [1.54, 1.807) is 7.11 Å². The number of fused-ring (bicyclic) bond motifs is 1. The summed E-state index contributed by atoms with van der Waals surface area (Å²) in [5.74, 6) is 5.45. The van der Waals surface area contributed by atoms with E-state index < -0.39 is 0 Å². The predicted octanol–water partition coefficient (Wildman–Crippen LogP) is 3.38. The van der Waals surface area contributed by atoms with Crippen LogP contribution in [-0.2, 0) is 13.0 Å². The number of para-hydroxylation sites is 1. The highest BCUT2D eigenvalue weighted by atomic mass is 127. The Hall–Kier alpha value is -2.60. The van der Waals surface area contributed by atoms with Gasteiger partial charge in [0.15, 0.2) is 17.5 Å². The van der Waals surface area contributed by atoms with Crippen molar-refractivity contribution in [2.75, 3.05) is 26.8 Å². The van der Waals surface area contributed by atoms with Gasteiger partial charge in [-0.2, -0.15) is 0 Å². The summed E-state index contributed by atoms with van der Waals surface area (Å²) < 4.78 is 16.9. The molecule has 7 heteroatoms. The second-order valence-corrected chi connectivity index (χ2v) is 6.61. The van der Waals surface area contributed by atoms with Crippen LogP contribution >= 0.6 is 24.0 Å². The van der Waals surface area contributed by atoms with Crippen molar-refractivity contribution in [3.63, 3.8) is 0 Å². The standard InChI is InChI=1S/C23H27N3O3.HI/c1-4-12-28-22-13-17(10-11-21(22)27-3)15-25-23(24-5-2)26-16-19-14-18-8-6-7-9-20(18)29-19;/h1,6-11,13,19H,5,12,14-16H2,2-3H3,(H2,24,25,26);1H. The number of ether oxygens (including phenoxy) is 3. The number of nitrogens with zero attached hydrogens (tertiary/aromatic N) is 1. The molecule has 160 valence electrons. The van der Waals surface area contributed by atoms with E-state index in [9.17, 15) is 0 Å². The van der Waals surface area contributed by atoms with Crippen molar-refractivity contribution >= 4 is 29.9 Å². The number of terminal acetylenes is 1. The van der Waals surface area contributed by atoms with E-state index in [1.165, 1.54) is 5.56 Å². The van der Waals surface area contributed by atoms with Crippen molar-refractivity contribution in [1.82, 2.24) is 10.6 Å². The van der Waals surface area contributed by atoms with Crippen LogP contribution in [0.4, 0.5) is 0 Å². The second-order valence-electron chi connectivity index (χ2n) is 6.61. The lowest BCUT2D eigenvalue weighted by Crippen LogP contribution is -2.42. The molecule has 1 atom stereocenters. The SMILES string of the molecule is C#CCOc1cc(CN=C(NCC)NCC2Cc3ccccc3O2)ccc1OC.I. The average molecular weight is 521 g/mol. The number of methoxy groups -OCH3 is 1. The molecule has 2 aromatic carbocycles. The van der Waals surface area contributed by atoms with Crippen LogP contribution in [0.1, 0.15) is 18.1 Å².